The van der Waals surface area contributed by atoms with Crippen molar-refractivity contribution in [2.24, 2.45) is 5.92 Å². The molecule has 8 nitrogen and oxygen atoms in total. The van der Waals surface area contributed by atoms with Crippen molar-refractivity contribution >= 4 is 17.7 Å². The largest absolute Gasteiger partial charge is 0.340 e. The number of carbonyl (C=O) groups excluding carboxylic acids is 3. The second-order valence-corrected chi connectivity index (χ2v) is 7.57. The quantitative estimate of drug-likeness (QED) is 0.313. The summed E-state index contributed by atoms with van der Waals surface area (Å²) < 4.78 is 0. The van der Waals surface area contributed by atoms with Gasteiger partial charge in [0.25, 0.3) is 11.8 Å². The Morgan fingerprint density at radius 2 is 1.80 bits per heavy atom. The number of hydroxylamine groups is 1. The van der Waals surface area contributed by atoms with Gasteiger partial charge < -0.3 is 15.5 Å². The number of rotatable bonds is 5. The van der Waals surface area contributed by atoms with Crippen LogP contribution in [0.3, 0.4) is 0 Å². The monoisotopic (exact) mass is 410 g/mol. The summed E-state index contributed by atoms with van der Waals surface area (Å²) in [5.74, 6) is 10.5. The predicted molar refractivity (Wildman–Crippen MR) is 111 cm³/mol. The van der Waals surface area contributed by atoms with Crippen LogP contribution in [-0.4, -0.2) is 59.5 Å². The summed E-state index contributed by atoms with van der Waals surface area (Å²) >= 11 is 0. The van der Waals surface area contributed by atoms with Crippen molar-refractivity contribution in [3.05, 3.63) is 35.4 Å². The summed E-state index contributed by atoms with van der Waals surface area (Å²) in [6.07, 6.45) is 0. The third kappa shape index (κ3) is 5.84. The molecule has 0 saturated carbocycles. The van der Waals surface area contributed by atoms with Crippen LogP contribution in [0.1, 0.15) is 36.7 Å². The molecular formula is C22H26N4O4. The molecule has 0 spiro atoms. The van der Waals surface area contributed by atoms with Gasteiger partial charge in [-0.25, -0.2) is 5.48 Å². The summed E-state index contributed by atoms with van der Waals surface area (Å²) in [5, 5.41) is 14.5. The molecule has 1 fully saturated rings. The van der Waals surface area contributed by atoms with Gasteiger partial charge in [0.2, 0.25) is 5.91 Å². The van der Waals surface area contributed by atoms with Gasteiger partial charge in [0.05, 0.1) is 5.92 Å². The molecule has 1 aliphatic rings. The maximum atomic E-state index is 12.5. The van der Waals surface area contributed by atoms with Gasteiger partial charge in [-0.1, -0.05) is 11.8 Å². The Bertz CT molecular complexity index is 926. The van der Waals surface area contributed by atoms with Gasteiger partial charge in [0.15, 0.2) is 0 Å². The Morgan fingerprint density at radius 3 is 2.33 bits per heavy atom. The Morgan fingerprint density at radius 1 is 1.17 bits per heavy atom. The standard InChI is InChI=1S/C22H26N4O4/c1-15(27)26-13-17(14-26)8-6-5-7-16-9-11-18(12-10-16)20(28)24-19(21(29)25-30)22(2,3)23-4/h9-12,17,19,23,30H,13-14H2,1-4H3,(H,24,28)(H,25,29)/t19-/m1/s1. The maximum Gasteiger partial charge on any atom is 0.267 e. The Balaban J connectivity index is 1.98. The zero-order valence-electron chi connectivity index (χ0n) is 17.5. The summed E-state index contributed by atoms with van der Waals surface area (Å²) in [6.45, 7) is 6.29. The zero-order chi connectivity index (χ0) is 22.3. The van der Waals surface area contributed by atoms with Gasteiger partial charge in [0, 0.05) is 36.7 Å². The first-order valence-corrected chi connectivity index (χ1v) is 9.48. The highest BCUT2D eigenvalue weighted by molar-refractivity contribution is 5.97. The minimum Gasteiger partial charge on any atom is -0.340 e. The van der Waals surface area contributed by atoms with Crippen molar-refractivity contribution in [2.45, 2.75) is 32.4 Å². The van der Waals surface area contributed by atoms with Gasteiger partial charge in [-0.15, -0.1) is 0 Å². The lowest BCUT2D eigenvalue weighted by Crippen LogP contribution is -2.62. The Hall–Kier alpha value is -3.33. The Labute approximate surface area is 176 Å². The molecule has 0 radical (unpaired) electrons. The summed E-state index contributed by atoms with van der Waals surface area (Å²) in [4.78, 5) is 37.3. The highest BCUT2D eigenvalue weighted by Crippen LogP contribution is 2.14. The third-order valence-electron chi connectivity index (χ3n) is 5.03. The molecule has 2 rings (SSSR count). The summed E-state index contributed by atoms with van der Waals surface area (Å²) in [7, 11) is 1.66. The summed E-state index contributed by atoms with van der Waals surface area (Å²) in [6, 6.07) is 5.59. The molecule has 158 valence electrons. The lowest BCUT2D eigenvalue weighted by atomic mass is 9.93. The number of nitrogens with zero attached hydrogens (tertiary/aromatic N) is 1. The topological polar surface area (TPSA) is 111 Å². The molecule has 0 aromatic heterocycles. The average molecular weight is 410 g/mol. The van der Waals surface area contributed by atoms with Crippen molar-refractivity contribution in [2.75, 3.05) is 20.1 Å². The number of hydrogen-bond acceptors (Lipinski definition) is 5. The molecule has 1 atom stereocenters. The van der Waals surface area contributed by atoms with Gasteiger partial charge in [0.1, 0.15) is 6.04 Å². The number of hydrogen-bond donors (Lipinski definition) is 4. The minimum atomic E-state index is -0.986. The number of carbonyl (C=O) groups is 3. The van der Waals surface area contributed by atoms with E-state index in [0.29, 0.717) is 24.2 Å². The number of likely N-dealkylation sites (tertiary alicyclic amines) is 1. The molecule has 1 saturated heterocycles. The number of nitrogens with one attached hydrogen (secondary N) is 3. The van der Waals surface area contributed by atoms with Crippen LogP contribution in [0.25, 0.3) is 0 Å². The van der Waals surface area contributed by atoms with E-state index < -0.39 is 23.4 Å². The molecule has 3 amide bonds. The molecule has 30 heavy (non-hydrogen) atoms. The van der Waals surface area contributed by atoms with Gasteiger partial charge >= 0.3 is 0 Å². The van der Waals surface area contributed by atoms with Crippen LogP contribution in [0.4, 0.5) is 0 Å². The average Bonchev–Trinajstić information content (AvgIpc) is 2.69. The first-order valence-electron chi connectivity index (χ1n) is 9.48. The first-order chi connectivity index (χ1) is 14.2. The minimum absolute atomic E-state index is 0.0566. The van der Waals surface area contributed by atoms with Gasteiger partial charge in [-0.2, -0.15) is 0 Å². The summed E-state index contributed by atoms with van der Waals surface area (Å²) in [5.41, 5.74) is 1.85. The molecule has 4 N–H and O–H groups in total. The number of likely N-dealkylation sites (N-methyl/N-ethyl adjacent to an activating group) is 1. The maximum absolute atomic E-state index is 12.5. The van der Waals surface area contributed by atoms with E-state index in [9.17, 15) is 14.4 Å². The predicted octanol–water partition coefficient (Wildman–Crippen LogP) is 0.122. The molecular weight excluding hydrogens is 384 g/mol. The van der Waals surface area contributed by atoms with E-state index in [2.05, 4.69) is 34.3 Å². The number of benzene rings is 1. The van der Waals surface area contributed by atoms with Crippen LogP contribution >= 0.6 is 0 Å². The van der Waals surface area contributed by atoms with E-state index in [0.717, 1.165) is 0 Å². The normalized spacial score (nSPS) is 14.2. The van der Waals surface area contributed by atoms with Crippen molar-refractivity contribution in [1.29, 1.82) is 0 Å². The van der Waals surface area contributed by atoms with Crippen molar-refractivity contribution in [3.63, 3.8) is 0 Å². The van der Waals surface area contributed by atoms with Crippen LogP contribution in [0.5, 0.6) is 0 Å². The zero-order valence-corrected chi connectivity index (χ0v) is 17.5. The molecule has 1 heterocycles. The van der Waals surface area contributed by atoms with E-state index in [-0.39, 0.29) is 11.8 Å². The van der Waals surface area contributed by atoms with Crippen LogP contribution < -0.4 is 16.1 Å². The van der Waals surface area contributed by atoms with Gasteiger partial charge in [-0.3, -0.25) is 19.6 Å². The van der Waals surface area contributed by atoms with Crippen LogP contribution in [0.15, 0.2) is 24.3 Å². The SMILES string of the molecule is CNC(C)(C)[C@H](NC(=O)c1ccc(C#CC#CC2CN(C(C)=O)C2)cc1)C(=O)NO. The first kappa shape index (κ1) is 23.0. The fourth-order valence-corrected chi connectivity index (χ4v) is 2.77. The molecule has 1 aromatic carbocycles. The lowest BCUT2D eigenvalue weighted by molar-refractivity contribution is -0.134. The van der Waals surface area contributed by atoms with Crippen LogP contribution in [0, 0.1) is 29.6 Å². The van der Waals surface area contributed by atoms with Crippen molar-refractivity contribution in [3.8, 4) is 23.7 Å². The van der Waals surface area contributed by atoms with E-state index >= 15 is 0 Å². The molecule has 1 aliphatic heterocycles. The van der Waals surface area contributed by atoms with E-state index in [1.807, 2.05) is 0 Å². The van der Waals surface area contributed by atoms with E-state index in [4.69, 9.17) is 5.21 Å². The highest BCUT2D eigenvalue weighted by atomic mass is 16.5. The van der Waals surface area contributed by atoms with Crippen molar-refractivity contribution in [1.82, 2.24) is 21.0 Å². The van der Waals surface area contributed by atoms with Crippen LogP contribution in [0.2, 0.25) is 0 Å². The number of amides is 3. The molecule has 1 aromatic rings. The smallest absolute Gasteiger partial charge is 0.267 e. The van der Waals surface area contributed by atoms with Crippen molar-refractivity contribution < 1.29 is 19.6 Å². The molecule has 0 unspecified atom stereocenters. The van der Waals surface area contributed by atoms with Crippen LogP contribution in [-0.2, 0) is 9.59 Å². The Kier molecular flexibility index (Phi) is 7.60. The molecule has 8 heteroatoms. The fourth-order valence-electron chi connectivity index (χ4n) is 2.77. The second-order valence-electron chi connectivity index (χ2n) is 7.57. The lowest BCUT2D eigenvalue weighted by Gasteiger charge is -2.35. The second kappa shape index (κ2) is 9.93. The third-order valence-corrected chi connectivity index (χ3v) is 5.03. The highest BCUT2D eigenvalue weighted by Gasteiger charge is 2.35. The molecule has 0 bridgehead atoms. The van der Waals surface area contributed by atoms with E-state index in [1.165, 1.54) is 6.92 Å². The molecule has 0 aliphatic carbocycles. The van der Waals surface area contributed by atoms with E-state index in [1.54, 1.807) is 55.5 Å². The fraction of sp³-hybridized carbons (Fsp3) is 0.409. The van der Waals surface area contributed by atoms with Gasteiger partial charge in [-0.05, 0) is 57.0 Å².